The third-order valence-corrected chi connectivity index (χ3v) is 4.76. The topological polar surface area (TPSA) is 78.7 Å². The van der Waals surface area contributed by atoms with Gasteiger partial charge in [0.1, 0.15) is 0 Å². The van der Waals surface area contributed by atoms with Gasteiger partial charge in [0.25, 0.3) is 5.91 Å². The monoisotopic (exact) mass is 366 g/mol. The largest absolute Gasteiger partial charge is 0.326 e. The van der Waals surface area contributed by atoms with Crippen LogP contribution >= 0.6 is 0 Å². The van der Waals surface area contributed by atoms with Gasteiger partial charge in [-0.1, -0.05) is 18.2 Å². The maximum Gasteiger partial charge on any atom is 0.321 e. The van der Waals surface area contributed by atoms with Gasteiger partial charge in [-0.3, -0.25) is 4.79 Å². The summed E-state index contributed by atoms with van der Waals surface area (Å²) in [4.78, 5) is 28.6. The van der Waals surface area contributed by atoms with Crippen molar-refractivity contribution >= 4 is 23.3 Å². The second kappa shape index (κ2) is 8.68. The Balaban J connectivity index is 1.66. The minimum atomic E-state index is -0.149. The van der Waals surface area contributed by atoms with Crippen molar-refractivity contribution in [3.63, 3.8) is 0 Å². The Hall–Kier alpha value is -2.86. The van der Waals surface area contributed by atoms with Gasteiger partial charge in [-0.05, 0) is 56.2 Å². The molecule has 1 aliphatic heterocycles. The van der Waals surface area contributed by atoms with E-state index in [1.807, 2.05) is 37.3 Å². The predicted molar refractivity (Wildman–Crippen MR) is 108 cm³/mol. The number of amides is 3. The van der Waals surface area contributed by atoms with Crippen LogP contribution in [0.3, 0.4) is 0 Å². The van der Waals surface area contributed by atoms with Crippen LogP contribution in [-0.4, -0.2) is 42.5 Å². The standard InChI is InChI=1S/C21H26N4O2/c1-2-25(19-8-4-3-5-9-19)20(26)16-10-12-18(13-11-16)23-21(27)24-14-6-7-17(22)15-24/h3-5,8-13,17H,2,6-7,14-15,22H2,1H3,(H,23,27)/t17-/m1/s1. The fourth-order valence-electron chi connectivity index (χ4n) is 3.30. The third-order valence-electron chi connectivity index (χ3n) is 4.76. The molecule has 0 aliphatic carbocycles. The molecule has 0 aromatic heterocycles. The van der Waals surface area contributed by atoms with Gasteiger partial charge in [0.15, 0.2) is 0 Å². The van der Waals surface area contributed by atoms with E-state index in [4.69, 9.17) is 5.73 Å². The summed E-state index contributed by atoms with van der Waals surface area (Å²) in [5, 5.41) is 2.88. The van der Waals surface area contributed by atoms with Crippen LogP contribution < -0.4 is 16.0 Å². The number of benzene rings is 2. The molecule has 27 heavy (non-hydrogen) atoms. The molecular weight excluding hydrogens is 340 g/mol. The molecule has 2 aromatic carbocycles. The first-order chi connectivity index (χ1) is 13.1. The second-order valence-corrected chi connectivity index (χ2v) is 6.74. The number of nitrogens with one attached hydrogen (secondary N) is 1. The number of piperidine rings is 1. The molecule has 1 heterocycles. The van der Waals surface area contributed by atoms with Crippen molar-refractivity contribution in [3.8, 4) is 0 Å². The summed E-state index contributed by atoms with van der Waals surface area (Å²) >= 11 is 0. The van der Waals surface area contributed by atoms with Crippen LogP contribution in [-0.2, 0) is 0 Å². The van der Waals surface area contributed by atoms with Crippen molar-refractivity contribution in [2.24, 2.45) is 5.73 Å². The average molecular weight is 366 g/mol. The highest BCUT2D eigenvalue weighted by Crippen LogP contribution is 2.18. The van der Waals surface area contributed by atoms with Crippen LogP contribution in [0.4, 0.5) is 16.2 Å². The zero-order valence-corrected chi connectivity index (χ0v) is 15.6. The van der Waals surface area contributed by atoms with Gasteiger partial charge in [0.2, 0.25) is 0 Å². The summed E-state index contributed by atoms with van der Waals surface area (Å²) in [6.45, 7) is 3.82. The van der Waals surface area contributed by atoms with Crippen molar-refractivity contribution < 1.29 is 9.59 Å². The van der Waals surface area contributed by atoms with Crippen LogP contribution in [0.1, 0.15) is 30.1 Å². The average Bonchev–Trinajstić information content (AvgIpc) is 2.70. The lowest BCUT2D eigenvalue weighted by atomic mass is 10.1. The van der Waals surface area contributed by atoms with E-state index in [0.717, 1.165) is 25.1 Å². The summed E-state index contributed by atoms with van der Waals surface area (Å²) < 4.78 is 0. The summed E-state index contributed by atoms with van der Waals surface area (Å²) in [7, 11) is 0. The summed E-state index contributed by atoms with van der Waals surface area (Å²) in [5.41, 5.74) is 8.05. The Bertz CT molecular complexity index is 777. The number of rotatable bonds is 4. The number of likely N-dealkylation sites (tertiary alicyclic amines) is 1. The van der Waals surface area contributed by atoms with E-state index in [-0.39, 0.29) is 18.0 Å². The highest BCUT2D eigenvalue weighted by Gasteiger charge is 2.21. The Labute approximate surface area is 159 Å². The van der Waals surface area contributed by atoms with E-state index in [1.165, 1.54) is 0 Å². The lowest BCUT2D eigenvalue weighted by molar-refractivity contribution is 0.0988. The highest BCUT2D eigenvalue weighted by molar-refractivity contribution is 6.06. The molecule has 3 rings (SSSR count). The van der Waals surface area contributed by atoms with E-state index < -0.39 is 0 Å². The normalized spacial score (nSPS) is 16.7. The van der Waals surface area contributed by atoms with Crippen molar-refractivity contribution in [2.75, 3.05) is 29.9 Å². The van der Waals surface area contributed by atoms with Gasteiger partial charge in [0, 0.05) is 42.6 Å². The van der Waals surface area contributed by atoms with Gasteiger partial charge in [0.05, 0.1) is 0 Å². The van der Waals surface area contributed by atoms with Gasteiger partial charge < -0.3 is 20.9 Å². The fourth-order valence-corrected chi connectivity index (χ4v) is 3.30. The Morgan fingerprint density at radius 3 is 2.48 bits per heavy atom. The molecule has 1 atom stereocenters. The lowest BCUT2D eigenvalue weighted by Gasteiger charge is -2.30. The molecule has 1 aliphatic rings. The number of carbonyl (C=O) groups excluding carboxylic acids is 2. The quantitative estimate of drug-likeness (QED) is 0.871. The molecule has 3 amide bonds. The number of para-hydroxylation sites is 1. The first kappa shape index (κ1) is 18.9. The molecule has 0 bridgehead atoms. The highest BCUT2D eigenvalue weighted by atomic mass is 16.2. The number of urea groups is 1. The van der Waals surface area contributed by atoms with E-state index in [1.54, 1.807) is 34.1 Å². The summed E-state index contributed by atoms with van der Waals surface area (Å²) in [6.07, 6.45) is 1.88. The molecule has 2 aromatic rings. The van der Waals surface area contributed by atoms with E-state index in [2.05, 4.69) is 5.32 Å². The molecule has 142 valence electrons. The Morgan fingerprint density at radius 1 is 1.15 bits per heavy atom. The molecule has 6 nitrogen and oxygen atoms in total. The number of hydrogen-bond acceptors (Lipinski definition) is 3. The molecule has 0 radical (unpaired) electrons. The molecule has 1 fully saturated rings. The van der Waals surface area contributed by atoms with Gasteiger partial charge in [-0.25, -0.2) is 4.79 Å². The van der Waals surface area contributed by atoms with Gasteiger partial charge >= 0.3 is 6.03 Å². The van der Waals surface area contributed by atoms with Gasteiger partial charge in [-0.2, -0.15) is 0 Å². The van der Waals surface area contributed by atoms with E-state index in [0.29, 0.717) is 24.3 Å². The van der Waals surface area contributed by atoms with Crippen LogP contribution in [0.15, 0.2) is 54.6 Å². The number of carbonyl (C=O) groups is 2. The Morgan fingerprint density at radius 2 is 1.85 bits per heavy atom. The zero-order valence-electron chi connectivity index (χ0n) is 15.6. The zero-order chi connectivity index (χ0) is 19.2. The fraction of sp³-hybridized carbons (Fsp3) is 0.333. The molecule has 0 unspecified atom stereocenters. The van der Waals surface area contributed by atoms with Crippen LogP contribution in [0.25, 0.3) is 0 Å². The molecule has 6 heteroatoms. The molecule has 3 N–H and O–H groups in total. The van der Waals surface area contributed by atoms with Crippen LogP contribution in [0.5, 0.6) is 0 Å². The van der Waals surface area contributed by atoms with Crippen molar-refractivity contribution in [3.05, 3.63) is 60.2 Å². The third kappa shape index (κ3) is 4.65. The van der Waals surface area contributed by atoms with Gasteiger partial charge in [-0.15, -0.1) is 0 Å². The SMILES string of the molecule is CCN(C(=O)c1ccc(NC(=O)N2CCC[C@@H](N)C2)cc1)c1ccccc1. The Kier molecular flexibility index (Phi) is 6.08. The smallest absolute Gasteiger partial charge is 0.321 e. The van der Waals surface area contributed by atoms with Crippen molar-refractivity contribution in [1.29, 1.82) is 0 Å². The van der Waals surface area contributed by atoms with Crippen LogP contribution in [0, 0.1) is 0 Å². The van der Waals surface area contributed by atoms with Crippen molar-refractivity contribution in [2.45, 2.75) is 25.8 Å². The summed E-state index contributed by atoms with van der Waals surface area (Å²) in [5.74, 6) is -0.0661. The molecule has 0 saturated carbocycles. The maximum atomic E-state index is 12.8. The summed E-state index contributed by atoms with van der Waals surface area (Å²) in [6, 6.07) is 16.5. The van der Waals surface area contributed by atoms with Crippen LogP contribution in [0.2, 0.25) is 0 Å². The van der Waals surface area contributed by atoms with E-state index >= 15 is 0 Å². The molecule has 0 spiro atoms. The number of anilines is 2. The first-order valence-electron chi connectivity index (χ1n) is 9.37. The lowest BCUT2D eigenvalue weighted by Crippen LogP contribution is -2.47. The minimum absolute atomic E-state index is 0.0440. The number of nitrogens with zero attached hydrogens (tertiary/aromatic N) is 2. The second-order valence-electron chi connectivity index (χ2n) is 6.74. The number of nitrogens with two attached hydrogens (primary N) is 1. The predicted octanol–water partition coefficient (Wildman–Crippen LogP) is 3.31. The molecule has 1 saturated heterocycles. The van der Waals surface area contributed by atoms with Crippen molar-refractivity contribution in [1.82, 2.24) is 4.90 Å². The number of hydrogen-bond donors (Lipinski definition) is 2. The maximum absolute atomic E-state index is 12.8. The molecular formula is C21H26N4O2. The van der Waals surface area contributed by atoms with E-state index in [9.17, 15) is 9.59 Å². The first-order valence-corrected chi connectivity index (χ1v) is 9.37. The minimum Gasteiger partial charge on any atom is -0.326 e.